The van der Waals surface area contributed by atoms with Gasteiger partial charge in [-0.05, 0) is 30.2 Å². The van der Waals surface area contributed by atoms with Crippen molar-refractivity contribution in [1.29, 1.82) is 0 Å². The van der Waals surface area contributed by atoms with Gasteiger partial charge < -0.3 is 20.2 Å². The average molecular weight is 378 g/mol. The van der Waals surface area contributed by atoms with Crippen LogP contribution in [0.25, 0.3) is 17.2 Å². The van der Waals surface area contributed by atoms with Crippen LogP contribution in [0.3, 0.4) is 0 Å². The summed E-state index contributed by atoms with van der Waals surface area (Å²) in [6.45, 7) is 0.427. The molecule has 0 atom stereocenters. The smallest absolute Gasteiger partial charge is 0.270 e. The fourth-order valence-electron chi connectivity index (χ4n) is 2.85. The Kier molecular flexibility index (Phi) is 4.63. The first-order valence-corrected chi connectivity index (χ1v) is 8.63. The van der Waals surface area contributed by atoms with E-state index in [-0.39, 0.29) is 17.5 Å². The van der Waals surface area contributed by atoms with E-state index in [2.05, 4.69) is 20.4 Å². The quantitative estimate of drug-likeness (QED) is 0.526. The third kappa shape index (κ3) is 3.37. The van der Waals surface area contributed by atoms with Crippen LogP contribution in [0.4, 0.5) is 5.95 Å². The molecule has 28 heavy (non-hydrogen) atoms. The number of nitrogens with one attached hydrogen (secondary N) is 1. The normalized spacial score (nSPS) is 10.9. The van der Waals surface area contributed by atoms with Gasteiger partial charge in [0, 0.05) is 12.6 Å². The Morgan fingerprint density at radius 3 is 2.89 bits per heavy atom. The Labute approximate surface area is 160 Å². The van der Waals surface area contributed by atoms with E-state index < -0.39 is 0 Å². The second-order valence-corrected chi connectivity index (χ2v) is 6.00. The van der Waals surface area contributed by atoms with Gasteiger partial charge in [-0.1, -0.05) is 18.2 Å². The summed E-state index contributed by atoms with van der Waals surface area (Å²) < 4.78 is 12.0. The monoisotopic (exact) mass is 378 g/mol. The predicted octanol–water partition coefficient (Wildman–Crippen LogP) is 1.95. The maximum atomic E-state index is 12.5. The number of para-hydroxylation sites is 1. The van der Waals surface area contributed by atoms with Gasteiger partial charge in [0.2, 0.25) is 11.8 Å². The average Bonchev–Trinajstić information content (AvgIpc) is 3.38. The molecule has 0 saturated carbocycles. The van der Waals surface area contributed by atoms with E-state index in [9.17, 15) is 4.79 Å². The highest BCUT2D eigenvalue weighted by Gasteiger charge is 2.16. The van der Waals surface area contributed by atoms with Gasteiger partial charge in [0.15, 0.2) is 11.4 Å². The van der Waals surface area contributed by atoms with Crippen molar-refractivity contribution in [3.8, 4) is 17.3 Å². The lowest BCUT2D eigenvalue weighted by Gasteiger charge is -2.09. The Morgan fingerprint density at radius 1 is 1.25 bits per heavy atom. The maximum Gasteiger partial charge on any atom is 0.270 e. The largest absolute Gasteiger partial charge is 0.496 e. The molecule has 0 fully saturated rings. The number of methoxy groups -OCH3 is 1. The van der Waals surface area contributed by atoms with Crippen molar-refractivity contribution in [2.45, 2.75) is 6.42 Å². The van der Waals surface area contributed by atoms with E-state index in [4.69, 9.17) is 14.9 Å². The van der Waals surface area contributed by atoms with E-state index in [0.717, 1.165) is 11.3 Å². The molecule has 1 aromatic carbocycles. The number of aromatic nitrogens is 4. The first-order chi connectivity index (χ1) is 13.7. The van der Waals surface area contributed by atoms with Crippen LogP contribution in [0.15, 0.2) is 53.1 Å². The molecular weight excluding hydrogens is 360 g/mol. The fraction of sp³-hybridized carbons (Fsp3) is 0.158. The summed E-state index contributed by atoms with van der Waals surface area (Å²) in [5, 5.41) is 7.09. The van der Waals surface area contributed by atoms with E-state index in [1.165, 1.54) is 16.8 Å². The zero-order valence-electron chi connectivity index (χ0n) is 15.1. The number of fused-ring (bicyclic) bond motifs is 1. The van der Waals surface area contributed by atoms with Crippen molar-refractivity contribution in [1.82, 2.24) is 24.9 Å². The number of amides is 1. The molecule has 0 aliphatic rings. The van der Waals surface area contributed by atoms with E-state index in [0.29, 0.717) is 30.2 Å². The number of anilines is 1. The van der Waals surface area contributed by atoms with E-state index >= 15 is 0 Å². The van der Waals surface area contributed by atoms with Crippen LogP contribution in [0.5, 0.6) is 5.75 Å². The van der Waals surface area contributed by atoms with Crippen LogP contribution < -0.4 is 15.8 Å². The molecule has 0 saturated heterocycles. The third-order valence-electron chi connectivity index (χ3n) is 4.20. The van der Waals surface area contributed by atoms with Crippen LogP contribution in [0.1, 0.15) is 16.1 Å². The Morgan fingerprint density at radius 2 is 2.11 bits per heavy atom. The van der Waals surface area contributed by atoms with Gasteiger partial charge in [-0.2, -0.15) is 4.52 Å². The highest BCUT2D eigenvalue weighted by atomic mass is 16.5. The maximum absolute atomic E-state index is 12.5. The Bertz CT molecular complexity index is 1120. The molecule has 0 radical (unpaired) electrons. The van der Waals surface area contributed by atoms with Gasteiger partial charge >= 0.3 is 0 Å². The molecular formula is C19H18N6O3. The number of nitrogen functional groups attached to an aromatic ring is 1. The summed E-state index contributed by atoms with van der Waals surface area (Å²) in [5.74, 6) is 1.39. The number of nitrogens with two attached hydrogens (primary N) is 1. The van der Waals surface area contributed by atoms with Gasteiger partial charge in [-0.3, -0.25) is 4.79 Å². The highest BCUT2D eigenvalue weighted by Crippen LogP contribution is 2.19. The summed E-state index contributed by atoms with van der Waals surface area (Å²) in [5.41, 5.74) is 7.53. The summed E-state index contributed by atoms with van der Waals surface area (Å²) >= 11 is 0. The number of nitrogens with zero attached hydrogens (tertiary/aromatic N) is 4. The number of hydrogen-bond acceptors (Lipinski definition) is 7. The predicted molar refractivity (Wildman–Crippen MR) is 102 cm³/mol. The topological polar surface area (TPSA) is 121 Å². The minimum atomic E-state index is -0.341. The standard InChI is InChI=1S/C19H18N6O3/c1-27-14-6-3-2-5-12(14)8-9-21-18(26)13-11-16-23-17(15-7-4-10-28-15)24-25(16)19(20)22-13/h2-7,10-11H,8-9H2,1H3,(H2,20,22)(H,21,26). The van der Waals surface area contributed by atoms with Crippen molar-refractivity contribution in [2.75, 3.05) is 19.4 Å². The van der Waals surface area contributed by atoms with Crippen LogP contribution >= 0.6 is 0 Å². The lowest BCUT2D eigenvalue weighted by molar-refractivity contribution is 0.0949. The summed E-state index contributed by atoms with van der Waals surface area (Å²) in [4.78, 5) is 21.0. The van der Waals surface area contributed by atoms with Gasteiger partial charge in [0.05, 0.1) is 13.4 Å². The van der Waals surface area contributed by atoms with Crippen molar-refractivity contribution in [2.24, 2.45) is 0 Å². The minimum absolute atomic E-state index is 0.0673. The van der Waals surface area contributed by atoms with Crippen LogP contribution in [-0.2, 0) is 6.42 Å². The Hall–Kier alpha value is -3.88. The van der Waals surface area contributed by atoms with Gasteiger partial charge in [0.1, 0.15) is 11.4 Å². The first kappa shape index (κ1) is 17.5. The number of carbonyl (C=O) groups is 1. The molecule has 0 aliphatic carbocycles. The molecule has 9 heteroatoms. The SMILES string of the molecule is COc1ccccc1CCNC(=O)c1cc2nc(-c3ccco3)nn2c(N)n1. The van der Waals surface area contributed by atoms with Crippen LogP contribution in [0, 0.1) is 0 Å². The summed E-state index contributed by atoms with van der Waals surface area (Å²) in [6.07, 6.45) is 2.16. The second kappa shape index (κ2) is 7.39. The molecule has 0 aliphatic heterocycles. The highest BCUT2D eigenvalue weighted by molar-refractivity contribution is 5.93. The lowest BCUT2D eigenvalue weighted by atomic mass is 10.1. The number of furan rings is 1. The molecule has 9 nitrogen and oxygen atoms in total. The minimum Gasteiger partial charge on any atom is -0.496 e. The number of benzene rings is 1. The molecule has 3 heterocycles. The Balaban J connectivity index is 1.49. The first-order valence-electron chi connectivity index (χ1n) is 8.63. The zero-order valence-corrected chi connectivity index (χ0v) is 15.1. The number of rotatable bonds is 6. The van der Waals surface area contributed by atoms with Crippen LogP contribution in [0.2, 0.25) is 0 Å². The molecule has 3 aromatic heterocycles. The number of ether oxygens (including phenoxy) is 1. The second-order valence-electron chi connectivity index (χ2n) is 6.00. The lowest BCUT2D eigenvalue weighted by Crippen LogP contribution is -2.27. The molecule has 0 spiro atoms. The fourth-order valence-corrected chi connectivity index (χ4v) is 2.85. The summed E-state index contributed by atoms with van der Waals surface area (Å²) in [7, 11) is 1.62. The van der Waals surface area contributed by atoms with Crippen molar-refractivity contribution < 1.29 is 13.9 Å². The van der Waals surface area contributed by atoms with Crippen molar-refractivity contribution >= 4 is 17.5 Å². The van der Waals surface area contributed by atoms with Crippen molar-refractivity contribution in [3.63, 3.8) is 0 Å². The number of carbonyl (C=O) groups excluding carboxylic acids is 1. The van der Waals surface area contributed by atoms with E-state index in [1.54, 1.807) is 19.2 Å². The summed E-state index contributed by atoms with van der Waals surface area (Å²) in [6, 6.07) is 12.7. The molecule has 4 rings (SSSR count). The molecule has 0 bridgehead atoms. The van der Waals surface area contributed by atoms with Crippen molar-refractivity contribution in [3.05, 3.63) is 60.0 Å². The van der Waals surface area contributed by atoms with Gasteiger partial charge in [-0.15, -0.1) is 5.10 Å². The van der Waals surface area contributed by atoms with E-state index in [1.807, 2.05) is 24.3 Å². The van der Waals surface area contributed by atoms with Crippen LogP contribution in [-0.4, -0.2) is 39.1 Å². The molecule has 142 valence electrons. The molecule has 3 N–H and O–H groups in total. The number of hydrogen-bond donors (Lipinski definition) is 2. The zero-order chi connectivity index (χ0) is 19.5. The molecule has 4 aromatic rings. The molecule has 1 amide bonds. The van der Waals surface area contributed by atoms with Gasteiger partial charge in [0.25, 0.3) is 5.91 Å². The van der Waals surface area contributed by atoms with Gasteiger partial charge in [-0.25, -0.2) is 9.97 Å². The molecule has 0 unspecified atom stereocenters. The third-order valence-corrected chi connectivity index (χ3v) is 4.20.